The van der Waals surface area contributed by atoms with Crippen molar-refractivity contribution in [3.63, 3.8) is 0 Å². The van der Waals surface area contributed by atoms with Gasteiger partial charge in [-0.2, -0.15) is 0 Å². The highest BCUT2D eigenvalue weighted by atomic mass is 16.5. The minimum Gasteiger partial charge on any atom is -0.481 e. The van der Waals surface area contributed by atoms with Gasteiger partial charge in [0.05, 0.1) is 19.8 Å². The Morgan fingerprint density at radius 3 is 1.55 bits per heavy atom. The number of hydrogen-bond donors (Lipinski definition) is 3. The summed E-state index contributed by atoms with van der Waals surface area (Å²) in [6, 6.07) is 0. The van der Waals surface area contributed by atoms with E-state index in [0.29, 0.717) is 6.42 Å². The van der Waals surface area contributed by atoms with Crippen molar-refractivity contribution >= 4 is 29.5 Å². The van der Waals surface area contributed by atoms with Gasteiger partial charge in [0, 0.05) is 19.4 Å². The number of ether oxygens (including phenoxy) is 2. The highest BCUT2D eigenvalue weighted by Gasteiger charge is 2.19. The number of hydrogen-bond acceptors (Lipinski definition) is 7. The van der Waals surface area contributed by atoms with Crippen molar-refractivity contribution in [3.05, 3.63) is 0 Å². The van der Waals surface area contributed by atoms with Gasteiger partial charge in [-0.05, 0) is 19.8 Å². The molecule has 11 nitrogen and oxygen atoms in total. The molecule has 3 N–H and O–H groups in total. The van der Waals surface area contributed by atoms with E-state index in [1.54, 1.807) is 0 Å². The van der Waals surface area contributed by atoms with Crippen LogP contribution in [0.15, 0.2) is 0 Å². The van der Waals surface area contributed by atoms with Crippen LogP contribution in [-0.2, 0) is 33.4 Å². The molecule has 232 valence electrons. The zero-order valence-corrected chi connectivity index (χ0v) is 24.5. The molecule has 0 bridgehead atoms. The first-order chi connectivity index (χ1) is 19.2. The number of ketones is 1. The first kappa shape index (κ1) is 37.5. The van der Waals surface area contributed by atoms with Crippen LogP contribution in [-0.4, -0.2) is 90.7 Å². The maximum absolute atomic E-state index is 12.5. The van der Waals surface area contributed by atoms with Crippen LogP contribution < -0.4 is 5.32 Å². The van der Waals surface area contributed by atoms with Gasteiger partial charge in [-0.1, -0.05) is 77.0 Å². The van der Waals surface area contributed by atoms with E-state index in [1.807, 2.05) is 0 Å². The topological polar surface area (TPSA) is 160 Å². The molecule has 0 saturated heterocycles. The molecule has 0 aromatic rings. The molecule has 40 heavy (non-hydrogen) atoms. The predicted octanol–water partition coefficient (Wildman–Crippen LogP) is 3.96. The first-order valence-corrected chi connectivity index (χ1v) is 14.8. The summed E-state index contributed by atoms with van der Waals surface area (Å²) in [7, 11) is 0. The molecule has 0 aliphatic carbocycles. The third kappa shape index (κ3) is 27.1. The van der Waals surface area contributed by atoms with Gasteiger partial charge in [0.2, 0.25) is 11.8 Å². The molecule has 0 rings (SSSR count). The van der Waals surface area contributed by atoms with Crippen LogP contribution in [0.5, 0.6) is 0 Å². The second-order valence-electron chi connectivity index (χ2n) is 10.2. The molecule has 0 radical (unpaired) electrons. The third-order valence-corrected chi connectivity index (χ3v) is 6.29. The van der Waals surface area contributed by atoms with Crippen LogP contribution in [0.25, 0.3) is 0 Å². The molecule has 0 aliphatic heterocycles. The summed E-state index contributed by atoms with van der Waals surface area (Å²) in [5, 5.41) is 20.3. The molecule has 0 aromatic carbocycles. The second-order valence-corrected chi connectivity index (χ2v) is 10.2. The number of rotatable bonds is 29. The molecule has 11 heteroatoms. The van der Waals surface area contributed by atoms with E-state index in [9.17, 15) is 24.0 Å². The molecular formula is C29H52N2O9. The van der Waals surface area contributed by atoms with Crippen LogP contribution in [0.2, 0.25) is 0 Å². The average molecular weight is 573 g/mol. The minimum atomic E-state index is -1.16. The number of unbranched alkanes of at least 4 members (excludes halogenated alkanes) is 13. The van der Waals surface area contributed by atoms with Crippen LogP contribution in [0, 0.1) is 0 Å². The van der Waals surface area contributed by atoms with Crippen LogP contribution in [0.3, 0.4) is 0 Å². The molecule has 0 aromatic heterocycles. The molecule has 0 spiro atoms. The molecule has 0 heterocycles. The Balaban J connectivity index is 3.78. The Bertz CT molecular complexity index is 716. The SMILES string of the molecule is CC(=O)COCCOCCNC(=O)CN(CC(=O)O)C(=O)CCCCCCCCCCCCCCCCC(=O)O. The number of Topliss-reactive ketones (excluding diaryl/α,β-unsaturated/α-hetero) is 1. The number of carbonyl (C=O) groups is 5. The lowest BCUT2D eigenvalue weighted by molar-refractivity contribution is -0.146. The normalized spacial score (nSPS) is 10.8. The standard InChI is InChI=1S/C29H52N2O9/c1-25(32)24-40-21-20-39-19-18-30-26(33)22-31(23-29(37)38)27(34)16-14-12-10-8-6-4-2-3-5-7-9-11-13-15-17-28(35)36/h2-24H2,1H3,(H,30,33)(H,35,36)(H,37,38). The maximum atomic E-state index is 12.5. The summed E-state index contributed by atoms with van der Waals surface area (Å²) in [6.07, 6.45) is 15.6. The van der Waals surface area contributed by atoms with E-state index in [2.05, 4.69) is 5.32 Å². The van der Waals surface area contributed by atoms with Crippen molar-refractivity contribution < 1.29 is 43.7 Å². The summed E-state index contributed by atoms with van der Waals surface area (Å²) < 4.78 is 10.3. The van der Waals surface area contributed by atoms with Gasteiger partial charge in [0.25, 0.3) is 0 Å². The summed E-state index contributed by atoms with van der Waals surface area (Å²) in [6.45, 7) is 1.66. The Hall–Kier alpha value is -2.53. The fourth-order valence-corrected chi connectivity index (χ4v) is 4.16. The second kappa shape index (κ2) is 26.7. The highest BCUT2D eigenvalue weighted by Crippen LogP contribution is 2.14. The van der Waals surface area contributed by atoms with E-state index in [0.717, 1.165) is 43.4 Å². The lowest BCUT2D eigenvalue weighted by Crippen LogP contribution is -2.43. The zero-order chi connectivity index (χ0) is 29.8. The Kier molecular flexibility index (Phi) is 25.0. The number of carboxylic acid groups (broad SMARTS) is 2. The average Bonchev–Trinajstić information content (AvgIpc) is 2.88. The Morgan fingerprint density at radius 1 is 0.600 bits per heavy atom. The van der Waals surface area contributed by atoms with Gasteiger partial charge in [0.15, 0.2) is 5.78 Å². The summed E-state index contributed by atoms with van der Waals surface area (Å²) in [5.74, 6) is -2.72. The maximum Gasteiger partial charge on any atom is 0.323 e. The van der Waals surface area contributed by atoms with E-state index in [-0.39, 0.29) is 64.0 Å². The fraction of sp³-hybridized carbons (Fsp3) is 0.828. The summed E-state index contributed by atoms with van der Waals surface area (Å²) in [5.41, 5.74) is 0. The predicted molar refractivity (Wildman–Crippen MR) is 151 cm³/mol. The van der Waals surface area contributed by atoms with Crippen molar-refractivity contribution in [2.45, 2.75) is 110 Å². The third-order valence-electron chi connectivity index (χ3n) is 6.29. The molecular weight excluding hydrogens is 520 g/mol. The molecule has 0 atom stereocenters. The number of carboxylic acids is 2. The molecule has 0 saturated carbocycles. The molecule has 0 fully saturated rings. The van der Waals surface area contributed by atoms with Crippen LogP contribution in [0.1, 0.15) is 110 Å². The molecule has 0 unspecified atom stereocenters. The number of carbonyl (C=O) groups excluding carboxylic acids is 3. The summed E-state index contributed by atoms with van der Waals surface area (Å²) >= 11 is 0. The highest BCUT2D eigenvalue weighted by molar-refractivity contribution is 5.87. The zero-order valence-electron chi connectivity index (χ0n) is 24.5. The van der Waals surface area contributed by atoms with Gasteiger partial charge < -0.3 is 29.9 Å². The van der Waals surface area contributed by atoms with E-state index < -0.39 is 24.4 Å². The van der Waals surface area contributed by atoms with E-state index in [1.165, 1.54) is 51.9 Å². The van der Waals surface area contributed by atoms with Gasteiger partial charge in [-0.25, -0.2) is 0 Å². The fourth-order valence-electron chi connectivity index (χ4n) is 4.16. The largest absolute Gasteiger partial charge is 0.481 e. The number of amides is 2. The van der Waals surface area contributed by atoms with E-state index in [4.69, 9.17) is 19.7 Å². The lowest BCUT2D eigenvalue weighted by Gasteiger charge is -2.20. The van der Waals surface area contributed by atoms with Gasteiger partial charge in [-0.3, -0.25) is 24.0 Å². The van der Waals surface area contributed by atoms with Gasteiger partial charge in [0.1, 0.15) is 19.7 Å². The van der Waals surface area contributed by atoms with Crippen LogP contribution in [0.4, 0.5) is 0 Å². The molecule has 2 amide bonds. The van der Waals surface area contributed by atoms with Crippen LogP contribution >= 0.6 is 0 Å². The first-order valence-electron chi connectivity index (χ1n) is 14.8. The molecule has 0 aliphatic rings. The number of aliphatic carboxylic acids is 2. The van der Waals surface area contributed by atoms with Crippen molar-refractivity contribution in [1.82, 2.24) is 10.2 Å². The number of nitrogens with zero attached hydrogens (tertiary/aromatic N) is 1. The van der Waals surface area contributed by atoms with E-state index >= 15 is 0 Å². The quantitative estimate of drug-likeness (QED) is 0.113. The monoisotopic (exact) mass is 572 g/mol. The Labute approximate surface area is 239 Å². The van der Waals surface area contributed by atoms with Gasteiger partial charge in [-0.15, -0.1) is 0 Å². The smallest absolute Gasteiger partial charge is 0.323 e. The summed E-state index contributed by atoms with van der Waals surface area (Å²) in [4.78, 5) is 58.1. The van der Waals surface area contributed by atoms with Crippen molar-refractivity contribution in [3.8, 4) is 0 Å². The lowest BCUT2D eigenvalue weighted by atomic mass is 10.0. The number of nitrogens with one attached hydrogen (secondary N) is 1. The van der Waals surface area contributed by atoms with Crippen molar-refractivity contribution in [2.24, 2.45) is 0 Å². The minimum absolute atomic E-state index is 0.0378. The van der Waals surface area contributed by atoms with Crippen molar-refractivity contribution in [1.29, 1.82) is 0 Å². The van der Waals surface area contributed by atoms with Gasteiger partial charge >= 0.3 is 11.9 Å². The van der Waals surface area contributed by atoms with Crippen molar-refractivity contribution in [2.75, 3.05) is 46.1 Å². The Morgan fingerprint density at radius 2 is 1.07 bits per heavy atom.